The topological polar surface area (TPSA) is 15.3 Å². The molecule has 2 aromatic rings. The maximum Gasteiger partial charge on any atom is 0.0403 e. The second kappa shape index (κ2) is 9.24. The lowest BCUT2D eigenvalue weighted by Gasteiger charge is -2.21. The fourth-order valence-electron chi connectivity index (χ4n) is 2.92. The molecule has 23 heavy (non-hydrogen) atoms. The first kappa shape index (κ1) is 17.4. The van der Waals surface area contributed by atoms with Gasteiger partial charge in [-0.15, -0.1) is 0 Å². The highest BCUT2D eigenvalue weighted by molar-refractivity contribution is 5.55. The van der Waals surface area contributed by atoms with Gasteiger partial charge in [-0.1, -0.05) is 37.6 Å². The number of rotatable bonds is 9. The van der Waals surface area contributed by atoms with Crippen LogP contribution in [-0.2, 0) is 13.0 Å². The summed E-state index contributed by atoms with van der Waals surface area (Å²) in [7, 11) is 0. The Bertz CT molecular complexity index is 571. The van der Waals surface area contributed by atoms with E-state index in [2.05, 4.69) is 79.5 Å². The minimum atomic E-state index is 0.893. The highest BCUT2D eigenvalue weighted by atomic mass is 15.1. The predicted molar refractivity (Wildman–Crippen MR) is 102 cm³/mol. The summed E-state index contributed by atoms with van der Waals surface area (Å²) in [6.45, 7) is 9.64. The number of hydrogen-bond acceptors (Lipinski definition) is 2. The van der Waals surface area contributed by atoms with Crippen LogP contribution in [0.1, 0.15) is 44.7 Å². The minimum Gasteiger partial charge on any atom is -0.381 e. The number of benzene rings is 2. The molecule has 0 saturated heterocycles. The molecule has 0 aliphatic carbocycles. The van der Waals surface area contributed by atoms with Crippen molar-refractivity contribution in [2.24, 2.45) is 0 Å². The molecule has 0 heterocycles. The Morgan fingerprint density at radius 2 is 1.48 bits per heavy atom. The van der Waals surface area contributed by atoms with Gasteiger partial charge >= 0.3 is 0 Å². The zero-order chi connectivity index (χ0) is 16.5. The van der Waals surface area contributed by atoms with E-state index in [0.29, 0.717) is 0 Å². The van der Waals surface area contributed by atoms with Gasteiger partial charge in [0.15, 0.2) is 0 Å². The summed E-state index contributed by atoms with van der Waals surface area (Å²) in [4.78, 5) is 2.36. The summed E-state index contributed by atoms with van der Waals surface area (Å²) in [6.07, 6.45) is 3.68. The van der Waals surface area contributed by atoms with Crippen LogP contribution in [0, 0.1) is 0 Å². The molecule has 0 amide bonds. The average molecular weight is 310 g/mol. The molecule has 2 heteroatoms. The molecule has 2 aromatic carbocycles. The van der Waals surface area contributed by atoms with Gasteiger partial charge in [0.1, 0.15) is 0 Å². The first-order valence-electron chi connectivity index (χ1n) is 8.94. The second-order valence-corrected chi connectivity index (χ2v) is 5.94. The van der Waals surface area contributed by atoms with Crippen LogP contribution in [0.4, 0.5) is 11.4 Å². The summed E-state index contributed by atoms with van der Waals surface area (Å²) in [6, 6.07) is 17.6. The molecule has 0 spiro atoms. The maximum atomic E-state index is 3.56. The van der Waals surface area contributed by atoms with E-state index in [-0.39, 0.29) is 0 Å². The molecule has 0 saturated carbocycles. The Balaban J connectivity index is 1.98. The second-order valence-electron chi connectivity index (χ2n) is 5.94. The molecular formula is C21H30N2. The van der Waals surface area contributed by atoms with E-state index in [1.165, 1.54) is 41.8 Å². The molecule has 0 aliphatic rings. The maximum absolute atomic E-state index is 3.56. The smallest absolute Gasteiger partial charge is 0.0403 e. The average Bonchev–Trinajstić information content (AvgIpc) is 2.61. The Labute approximate surface area is 141 Å². The molecule has 0 unspecified atom stereocenters. The lowest BCUT2D eigenvalue weighted by Crippen LogP contribution is -2.21. The summed E-state index contributed by atoms with van der Waals surface area (Å²) in [5.74, 6) is 0. The van der Waals surface area contributed by atoms with E-state index < -0.39 is 0 Å². The quantitative estimate of drug-likeness (QED) is 0.659. The molecular weight excluding hydrogens is 280 g/mol. The van der Waals surface area contributed by atoms with Gasteiger partial charge in [0, 0.05) is 31.0 Å². The van der Waals surface area contributed by atoms with E-state index in [9.17, 15) is 0 Å². The van der Waals surface area contributed by atoms with Gasteiger partial charge in [0.2, 0.25) is 0 Å². The lowest BCUT2D eigenvalue weighted by molar-refractivity contribution is 0.788. The molecule has 0 aliphatic heterocycles. The molecule has 1 N–H and O–H groups in total. The van der Waals surface area contributed by atoms with E-state index in [1.807, 2.05) is 0 Å². The van der Waals surface area contributed by atoms with Crippen molar-refractivity contribution >= 4 is 11.4 Å². The normalized spacial score (nSPS) is 10.6. The van der Waals surface area contributed by atoms with Crippen LogP contribution in [0.5, 0.6) is 0 Å². The summed E-state index contributed by atoms with van der Waals surface area (Å²) >= 11 is 0. The van der Waals surface area contributed by atoms with Crippen LogP contribution in [0.15, 0.2) is 48.5 Å². The molecule has 0 fully saturated rings. The van der Waals surface area contributed by atoms with Crippen molar-refractivity contribution in [3.63, 3.8) is 0 Å². The van der Waals surface area contributed by atoms with E-state index >= 15 is 0 Å². The van der Waals surface area contributed by atoms with Crippen molar-refractivity contribution in [2.45, 2.75) is 46.6 Å². The van der Waals surface area contributed by atoms with Crippen LogP contribution in [0.2, 0.25) is 0 Å². The number of nitrogens with one attached hydrogen (secondary N) is 1. The predicted octanol–water partition coefficient (Wildman–Crippen LogP) is 5.49. The number of nitrogens with zero attached hydrogens (tertiary/aromatic N) is 1. The van der Waals surface area contributed by atoms with Crippen LogP contribution in [0.25, 0.3) is 0 Å². The Morgan fingerprint density at radius 1 is 0.826 bits per heavy atom. The summed E-state index contributed by atoms with van der Waals surface area (Å²) in [5.41, 5.74) is 5.37. The van der Waals surface area contributed by atoms with E-state index in [0.717, 1.165) is 19.6 Å². The highest BCUT2D eigenvalue weighted by Crippen LogP contribution is 2.19. The third kappa shape index (κ3) is 5.02. The third-order valence-corrected chi connectivity index (χ3v) is 4.40. The third-order valence-electron chi connectivity index (χ3n) is 4.40. The number of hydrogen-bond donors (Lipinski definition) is 1. The molecule has 2 rings (SSSR count). The Kier molecular flexibility index (Phi) is 6.99. The largest absolute Gasteiger partial charge is 0.381 e. The number of aryl methyl sites for hydroxylation is 1. The van der Waals surface area contributed by atoms with Gasteiger partial charge in [-0.3, -0.25) is 0 Å². The molecule has 0 atom stereocenters. The van der Waals surface area contributed by atoms with Crippen LogP contribution >= 0.6 is 0 Å². The van der Waals surface area contributed by atoms with Crippen LogP contribution in [-0.4, -0.2) is 13.1 Å². The SMILES string of the molecule is CCCCc1ccccc1CNc1ccc(N(CC)CC)cc1. The fourth-order valence-corrected chi connectivity index (χ4v) is 2.92. The van der Waals surface area contributed by atoms with Crippen molar-refractivity contribution in [1.29, 1.82) is 0 Å². The van der Waals surface area contributed by atoms with Crippen LogP contribution in [0.3, 0.4) is 0 Å². The van der Waals surface area contributed by atoms with Crippen molar-refractivity contribution in [1.82, 2.24) is 0 Å². The van der Waals surface area contributed by atoms with Gasteiger partial charge in [-0.2, -0.15) is 0 Å². The highest BCUT2D eigenvalue weighted by Gasteiger charge is 2.03. The number of anilines is 2. The molecule has 0 radical (unpaired) electrons. The van der Waals surface area contributed by atoms with Gasteiger partial charge in [-0.05, 0) is 62.1 Å². The molecule has 124 valence electrons. The number of unbranched alkanes of at least 4 members (excludes halogenated alkanes) is 1. The van der Waals surface area contributed by atoms with Gasteiger partial charge in [-0.25, -0.2) is 0 Å². The molecule has 2 nitrogen and oxygen atoms in total. The monoisotopic (exact) mass is 310 g/mol. The zero-order valence-corrected chi connectivity index (χ0v) is 14.8. The van der Waals surface area contributed by atoms with Crippen molar-refractivity contribution < 1.29 is 0 Å². The van der Waals surface area contributed by atoms with Crippen LogP contribution < -0.4 is 10.2 Å². The molecule has 0 bridgehead atoms. The standard InChI is InChI=1S/C21H30N2/c1-4-7-10-18-11-8-9-12-19(18)17-22-20-13-15-21(16-14-20)23(5-2)6-3/h8-9,11-16,22H,4-7,10,17H2,1-3H3. The first-order chi connectivity index (χ1) is 11.3. The van der Waals surface area contributed by atoms with Gasteiger partial charge in [0.25, 0.3) is 0 Å². The Hall–Kier alpha value is -1.96. The van der Waals surface area contributed by atoms with Crippen molar-refractivity contribution in [3.8, 4) is 0 Å². The zero-order valence-electron chi connectivity index (χ0n) is 14.8. The fraction of sp³-hybridized carbons (Fsp3) is 0.429. The van der Waals surface area contributed by atoms with E-state index in [4.69, 9.17) is 0 Å². The summed E-state index contributed by atoms with van der Waals surface area (Å²) in [5, 5.41) is 3.56. The molecule has 0 aromatic heterocycles. The summed E-state index contributed by atoms with van der Waals surface area (Å²) < 4.78 is 0. The lowest BCUT2D eigenvalue weighted by atomic mass is 10.0. The first-order valence-corrected chi connectivity index (χ1v) is 8.94. The van der Waals surface area contributed by atoms with Crippen molar-refractivity contribution in [2.75, 3.05) is 23.3 Å². The van der Waals surface area contributed by atoms with Gasteiger partial charge < -0.3 is 10.2 Å². The van der Waals surface area contributed by atoms with E-state index in [1.54, 1.807) is 0 Å². The minimum absolute atomic E-state index is 0.893. The van der Waals surface area contributed by atoms with Gasteiger partial charge in [0.05, 0.1) is 0 Å². The van der Waals surface area contributed by atoms with Crippen molar-refractivity contribution in [3.05, 3.63) is 59.7 Å². The Morgan fingerprint density at radius 3 is 2.09 bits per heavy atom.